The summed E-state index contributed by atoms with van der Waals surface area (Å²) in [5, 5.41) is 6.44. The first-order chi connectivity index (χ1) is 11.7. The van der Waals surface area contributed by atoms with Gasteiger partial charge in [-0.05, 0) is 24.5 Å². The molecule has 1 aliphatic rings. The fourth-order valence-corrected chi connectivity index (χ4v) is 2.63. The number of carbonyl (C=O) groups is 1. The molecule has 0 atom stereocenters. The molecule has 1 heterocycles. The van der Waals surface area contributed by atoms with Crippen LogP contribution in [0, 0.1) is 0 Å². The van der Waals surface area contributed by atoms with E-state index in [2.05, 4.69) is 39.9 Å². The number of methoxy groups -OCH3 is 1. The van der Waals surface area contributed by atoms with Crippen molar-refractivity contribution in [2.45, 2.75) is 32.9 Å². The Labute approximate surface area is 167 Å². The number of rotatable bonds is 8. The summed E-state index contributed by atoms with van der Waals surface area (Å²) in [6, 6.07) is 8.33. The number of guanidine groups is 1. The SMILES string of the molecule is CCNC(=NCc1ccc(CN2CCCC2=O)cc1)NCCOC.I. The number of nitrogens with one attached hydrogen (secondary N) is 2. The summed E-state index contributed by atoms with van der Waals surface area (Å²) in [4.78, 5) is 18.2. The molecule has 1 aromatic carbocycles. The molecule has 1 saturated heterocycles. The summed E-state index contributed by atoms with van der Waals surface area (Å²) < 4.78 is 5.04. The molecule has 0 bridgehead atoms. The average Bonchev–Trinajstić information content (AvgIpc) is 2.99. The summed E-state index contributed by atoms with van der Waals surface area (Å²) in [6.45, 7) is 6.45. The van der Waals surface area contributed by atoms with Gasteiger partial charge in [0.25, 0.3) is 0 Å². The lowest BCUT2D eigenvalue weighted by atomic mass is 10.1. The highest BCUT2D eigenvalue weighted by Gasteiger charge is 2.19. The fraction of sp³-hybridized carbons (Fsp3) is 0.556. The highest BCUT2D eigenvalue weighted by molar-refractivity contribution is 14.0. The van der Waals surface area contributed by atoms with E-state index in [1.807, 2.05) is 11.8 Å². The number of hydrogen-bond donors (Lipinski definition) is 2. The van der Waals surface area contributed by atoms with Crippen molar-refractivity contribution >= 4 is 35.8 Å². The summed E-state index contributed by atoms with van der Waals surface area (Å²) in [5.74, 6) is 1.06. The van der Waals surface area contributed by atoms with Gasteiger partial charge in [0.1, 0.15) is 0 Å². The zero-order valence-electron chi connectivity index (χ0n) is 15.1. The zero-order chi connectivity index (χ0) is 17.2. The number of aliphatic imine (C=N–C) groups is 1. The Hall–Kier alpha value is -1.35. The minimum absolute atomic E-state index is 0. The van der Waals surface area contributed by atoms with Crippen molar-refractivity contribution in [1.82, 2.24) is 15.5 Å². The maximum Gasteiger partial charge on any atom is 0.222 e. The molecule has 0 spiro atoms. The second-order valence-electron chi connectivity index (χ2n) is 5.85. The van der Waals surface area contributed by atoms with Gasteiger partial charge in [0.05, 0.1) is 13.2 Å². The normalized spacial score (nSPS) is 14.4. The molecule has 2 rings (SSSR count). The van der Waals surface area contributed by atoms with Gasteiger partial charge < -0.3 is 20.3 Å². The third-order valence-corrected chi connectivity index (χ3v) is 3.93. The molecule has 1 aromatic rings. The largest absolute Gasteiger partial charge is 0.383 e. The Balaban J connectivity index is 0.00000312. The van der Waals surface area contributed by atoms with Gasteiger partial charge in [0.2, 0.25) is 5.91 Å². The Kier molecular flexibility index (Phi) is 10.5. The lowest BCUT2D eigenvalue weighted by Gasteiger charge is -2.15. The Morgan fingerprint density at radius 1 is 1.24 bits per heavy atom. The van der Waals surface area contributed by atoms with Crippen LogP contribution in [-0.4, -0.2) is 50.1 Å². The van der Waals surface area contributed by atoms with Crippen molar-refractivity contribution < 1.29 is 9.53 Å². The highest BCUT2D eigenvalue weighted by atomic mass is 127. The number of halogens is 1. The van der Waals surface area contributed by atoms with Gasteiger partial charge in [0, 0.05) is 39.7 Å². The number of hydrogen-bond acceptors (Lipinski definition) is 3. The van der Waals surface area contributed by atoms with Crippen LogP contribution in [0.25, 0.3) is 0 Å². The minimum atomic E-state index is 0. The second-order valence-corrected chi connectivity index (χ2v) is 5.85. The summed E-state index contributed by atoms with van der Waals surface area (Å²) in [7, 11) is 1.68. The third kappa shape index (κ3) is 7.60. The summed E-state index contributed by atoms with van der Waals surface area (Å²) in [5.41, 5.74) is 2.32. The van der Waals surface area contributed by atoms with E-state index >= 15 is 0 Å². The lowest BCUT2D eigenvalue weighted by Crippen LogP contribution is -2.38. The van der Waals surface area contributed by atoms with Gasteiger partial charge in [-0.25, -0.2) is 4.99 Å². The van der Waals surface area contributed by atoms with E-state index in [0.717, 1.165) is 37.6 Å². The van der Waals surface area contributed by atoms with Crippen molar-refractivity contribution in [2.75, 3.05) is 33.4 Å². The molecule has 1 fully saturated rings. The summed E-state index contributed by atoms with van der Waals surface area (Å²) >= 11 is 0. The van der Waals surface area contributed by atoms with Crippen LogP contribution >= 0.6 is 24.0 Å². The van der Waals surface area contributed by atoms with Crippen LogP contribution < -0.4 is 10.6 Å². The van der Waals surface area contributed by atoms with Crippen molar-refractivity contribution in [1.29, 1.82) is 0 Å². The van der Waals surface area contributed by atoms with Crippen molar-refractivity contribution in [3.05, 3.63) is 35.4 Å². The molecule has 0 aromatic heterocycles. The Morgan fingerprint density at radius 3 is 2.56 bits per heavy atom. The molecular formula is C18H29IN4O2. The molecule has 0 unspecified atom stereocenters. The molecule has 25 heavy (non-hydrogen) atoms. The van der Waals surface area contributed by atoms with Gasteiger partial charge in [-0.3, -0.25) is 4.79 Å². The van der Waals surface area contributed by atoms with Crippen molar-refractivity contribution in [3.63, 3.8) is 0 Å². The lowest BCUT2D eigenvalue weighted by molar-refractivity contribution is -0.128. The van der Waals surface area contributed by atoms with E-state index in [0.29, 0.717) is 26.1 Å². The Bertz CT molecular complexity index is 549. The van der Waals surface area contributed by atoms with Gasteiger partial charge in [-0.2, -0.15) is 0 Å². The molecule has 7 heteroatoms. The van der Waals surface area contributed by atoms with Crippen molar-refractivity contribution in [3.8, 4) is 0 Å². The van der Waals surface area contributed by atoms with Crippen molar-refractivity contribution in [2.24, 2.45) is 4.99 Å². The standard InChI is InChI=1S/C18H28N4O2.HI/c1-3-19-18(20-10-12-24-2)21-13-15-6-8-16(9-7-15)14-22-11-4-5-17(22)23;/h6-9H,3-5,10-14H2,1-2H3,(H2,19,20,21);1H. The number of nitrogens with zero attached hydrogens (tertiary/aromatic N) is 2. The van der Waals surface area contributed by atoms with E-state index in [1.165, 1.54) is 5.56 Å². The van der Waals surface area contributed by atoms with Gasteiger partial charge in [-0.1, -0.05) is 24.3 Å². The van der Waals surface area contributed by atoms with Gasteiger partial charge >= 0.3 is 0 Å². The van der Waals surface area contributed by atoms with E-state index in [-0.39, 0.29) is 29.9 Å². The van der Waals surface area contributed by atoms with Gasteiger partial charge in [-0.15, -0.1) is 24.0 Å². The first-order valence-corrected chi connectivity index (χ1v) is 8.59. The topological polar surface area (TPSA) is 66.0 Å². The molecule has 0 radical (unpaired) electrons. The van der Waals surface area contributed by atoms with Crippen LogP contribution in [0.15, 0.2) is 29.3 Å². The van der Waals surface area contributed by atoms with Crippen LogP contribution in [-0.2, 0) is 22.6 Å². The monoisotopic (exact) mass is 460 g/mol. The van der Waals surface area contributed by atoms with Gasteiger partial charge in [0.15, 0.2) is 5.96 Å². The van der Waals surface area contributed by atoms with E-state index in [4.69, 9.17) is 4.74 Å². The van der Waals surface area contributed by atoms with E-state index in [1.54, 1.807) is 7.11 Å². The molecule has 1 aliphatic heterocycles. The number of ether oxygens (including phenoxy) is 1. The molecule has 0 aliphatic carbocycles. The predicted molar refractivity (Wildman–Crippen MR) is 111 cm³/mol. The third-order valence-electron chi connectivity index (χ3n) is 3.93. The van der Waals surface area contributed by atoms with Crippen LogP contribution in [0.3, 0.4) is 0 Å². The molecule has 0 saturated carbocycles. The molecule has 2 N–H and O–H groups in total. The first kappa shape index (κ1) is 21.7. The molecular weight excluding hydrogens is 431 g/mol. The molecule has 1 amide bonds. The quantitative estimate of drug-likeness (QED) is 0.270. The van der Waals surface area contributed by atoms with Crippen LogP contribution in [0.1, 0.15) is 30.9 Å². The molecule has 140 valence electrons. The fourth-order valence-electron chi connectivity index (χ4n) is 2.63. The highest BCUT2D eigenvalue weighted by Crippen LogP contribution is 2.15. The number of amides is 1. The summed E-state index contributed by atoms with van der Waals surface area (Å²) in [6.07, 6.45) is 1.67. The van der Waals surface area contributed by atoms with E-state index in [9.17, 15) is 4.79 Å². The predicted octanol–water partition coefficient (Wildman–Crippen LogP) is 2.13. The first-order valence-electron chi connectivity index (χ1n) is 8.59. The smallest absolute Gasteiger partial charge is 0.222 e. The number of likely N-dealkylation sites (tertiary alicyclic amines) is 1. The number of carbonyl (C=O) groups excluding carboxylic acids is 1. The van der Waals surface area contributed by atoms with Crippen LogP contribution in [0.5, 0.6) is 0 Å². The minimum Gasteiger partial charge on any atom is -0.383 e. The number of benzene rings is 1. The van der Waals surface area contributed by atoms with E-state index < -0.39 is 0 Å². The average molecular weight is 460 g/mol. The Morgan fingerprint density at radius 2 is 1.96 bits per heavy atom. The maximum atomic E-state index is 11.7. The van der Waals surface area contributed by atoms with Crippen LogP contribution in [0.4, 0.5) is 0 Å². The zero-order valence-corrected chi connectivity index (χ0v) is 17.4. The molecule has 6 nitrogen and oxygen atoms in total. The van der Waals surface area contributed by atoms with Crippen LogP contribution in [0.2, 0.25) is 0 Å². The second kappa shape index (κ2) is 12.1. The maximum absolute atomic E-state index is 11.7.